The maximum Gasteiger partial charge on any atom is 0.128 e. The van der Waals surface area contributed by atoms with Gasteiger partial charge >= 0.3 is 0 Å². The van der Waals surface area contributed by atoms with Crippen molar-refractivity contribution in [2.24, 2.45) is 0 Å². The van der Waals surface area contributed by atoms with Crippen LogP contribution in [0.5, 0.6) is 0 Å². The number of hydrogen-bond acceptors (Lipinski definition) is 4. The van der Waals surface area contributed by atoms with Gasteiger partial charge in [-0.1, -0.05) is 26.8 Å². The number of anilines is 1. The van der Waals surface area contributed by atoms with Gasteiger partial charge in [-0.3, -0.25) is 4.90 Å². The molecular formula is C17H30N4. The molecule has 1 unspecified atom stereocenters. The van der Waals surface area contributed by atoms with Gasteiger partial charge in [-0.25, -0.2) is 4.98 Å². The summed E-state index contributed by atoms with van der Waals surface area (Å²) in [5.41, 5.74) is 2.44. The number of pyridine rings is 1. The molecule has 0 bridgehead atoms. The number of nitrogens with zero attached hydrogens (tertiary/aromatic N) is 3. The summed E-state index contributed by atoms with van der Waals surface area (Å²) >= 11 is 0. The summed E-state index contributed by atoms with van der Waals surface area (Å²) in [6.07, 6.45) is 0. The molecule has 0 saturated carbocycles. The molecule has 0 aliphatic carbocycles. The van der Waals surface area contributed by atoms with Crippen LogP contribution in [0.25, 0.3) is 0 Å². The van der Waals surface area contributed by atoms with Crippen LogP contribution in [-0.4, -0.2) is 48.1 Å². The molecule has 2 rings (SSSR count). The average molecular weight is 290 g/mol. The molecule has 1 fully saturated rings. The van der Waals surface area contributed by atoms with Gasteiger partial charge in [0.1, 0.15) is 5.82 Å². The number of aryl methyl sites for hydroxylation is 1. The normalized spacial score (nSPS) is 20.3. The number of nitrogens with one attached hydrogen (secondary N) is 1. The topological polar surface area (TPSA) is 31.4 Å². The van der Waals surface area contributed by atoms with E-state index in [4.69, 9.17) is 4.98 Å². The Morgan fingerprint density at radius 1 is 1.33 bits per heavy atom. The van der Waals surface area contributed by atoms with E-state index in [9.17, 15) is 0 Å². The molecule has 21 heavy (non-hydrogen) atoms. The van der Waals surface area contributed by atoms with Crippen molar-refractivity contribution >= 4 is 5.82 Å². The van der Waals surface area contributed by atoms with Gasteiger partial charge in [-0.2, -0.15) is 0 Å². The Hall–Kier alpha value is -1.13. The molecule has 0 aromatic carbocycles. The molecular weight excluding hydrogens is 260 g/mol. The van der Waals surface area contributed by atoms with Gasteiger partial charge in [0.25, 0.3) is 0 Å². The molecule has 118 valence electrons. The van der Waals surface area contributed by atoms with E-state index >= 15 is 0 Å². The number of piperazine rings is 1. The summed E-state index contributed by atoms with van der Waals surface area (Å²) in [4.78, 5) is 9.78. The lowest BCUT2D eigenvalue weighted by molar-refractivity contribution is 0.199. The monoisotopic (exact) mass is 290 g/mol. The van der Waals surface area contributed by atoms with Crippen molar-refractivity contribution in [2.45, 2.75) is 53.2 Å². The summed E-state index contributed by atoms with van der Waals surface area (Å²) in [7, 11) is 0. The minimum Gasteiger partial charge on any atom is -0.354 e. The maximum absolute atomic E-state index is 4.83. The summed E-state index contributed by atoms with van der Waals surface area (Å²) in [6.45, 7) is 16.3. The Labute approximate surface area is 129 Å². The molecule has 1 saturated heterocycles. The van der Waals surface area contributed by atoms with Gasteiger partial charge in [0.15, 0.2) is 0 Å². The summed E-state index contributed by atoms with van der Waals surface area (Å²) in [6, 6.07) is 5.52. The average Bonchev–Trinajstić information content (AvgIpc) is 2.45. The third-order valence-electron chi connectivity index (χ3n) is 4.38. The Kier molecular flexibility index (Phi) is 5.59. The molecule has 1 aromatic heterocycles. The molecule has 1 atom stereocenters. The Balaban J connectivity index is 2.03. The first-order valence-electron chi connectivity index (χ1n) is 8.20. The Morgan fingerprint density at radius 2 is 2.10 bits per heavy atom. The number of hydrogen-bond donors (Lipinski definition) is 1. The highest BCUT2D eigenvalue weighted by atomic mass is 15.3. The standard InChI is InChI=1S/C17H30N4/c1-6-20-9-10-21(12-14(20)4)17-8-7-16(15(5)19-17)11-18-13(2)3/h7-8,13-14,18H,6,9-12H2,1-5H3. The lowest BCUT2D eigenvalue weighted by atomic mass is 10.1. The van der Waals surface area contributed by atoms with Crippen LogP contribution in [0.1, 0.15) is 39.0 Å². The van der Waals surface area contributed by atoms with Gasteiger partial charge in [-0.15, -0.1) is 0 Å². The van der Waals surface area contributed by atoms with Gasteiger partial charge in [0.05, 0.1) is 0 Å². The highest BCUT2D eigenvalue weighted by Gasteiger charge is 2.23. The van der Waals surface area contributed by atoms with Crippen molar-refractivity contribution in [3.05, 3.63) is 23.4 Å². The quantitative estimate of drug-likeness (QED) is 0.902. The van der Waals surface area contributed by atoms with E-state index in [1.54, 1.807) is 0 Å². The molecule has 1 aromatic rings. The van der Waals surface area contributed by atoms with Crippen LogP contribution in [0.2, 0.25) is 0 Å². The molecule has 0 amide bonds. The number of likely N-dealkylation sites (N-methyl/N-ethyl adjacent to an activating group) is 1. The summed E-state index contributed by atoms with van der Waals surface area (Å²) in [5.74, 6) is 1.13. The zero-order chi connectivity index (χ0) is 15.4. The summed E-state index contributed by atoms with van der Waals surface area (Å²) < 4.78 is 0. The molecule has 4 nitrogen and oxygen atoms in total. The fraction of sp³-hybridized carbons (Fsp3) is 0.706. The second-order valence-electron chi connectivity index (χ2n) is 6.37. The van der Waals surface area contributed by atoms with Crippen LogP contribution in [0.15, 0.2) is 12.1 Å². The van der Waals surface area contributed by atoms with E-state index in [1.807, 2.05) is 0 Å². The first-order chi connectivity index (χ1) is 10.0. The van der Waals surface area contributed by atoms with Crippen molar-refractivity contribution in [2.75, 3.05) is 31.1 Å². The third-order valence-corrected chi connectivity index (χ3v) is 4.38. The smallest absolute Gasteiger partial charge is 0.128 e. The first-order valence-corrected chi connectivity index (χ1v) is 8.20. The highest BCUT2D eigenvalue weighted by molar-refractivity contribution is 5.42. The number of aromatic nitrogens is 1. The predicted octanol–water partition coefficient (Wildman–Crippen LogP) is 2.42. The van der Waals surface area contributed by atoms with Gasteiger partial charge in [0, 0.05) is 44.0 Å². The van der Waals surface area contributed by atoms with Gasteiger partial charge in [0.2, 0.25) is 0 Å². The minimum atomic E-state index is 0.507. The third kappa shape index (κ3) is 4.17. The SMILES string of the molecule is CCN1CCN(c2ccc(CNC(C)C)c(C)n2)CC1C. The van der Waals surface area contributed by atoms with Crippen LogP contribution in [-0.2, 0) is 6.54 Å². The van der Waals surface area contributed by atoms with Crippen LogP contribution in [0.3, 0.4) is 0 Å². The van der Waals surface area contributed by atoms with E-state index in [1.165, 1.54) is 5.56 Å². The Bertz CT molecular complexity index is 458. The zero-order valence-electron chi connectivity index (χ0n) is 14.2. The van der Waals surface area contributed by atoms with E-state index in [2.05, 4.69) is 61.9 Å². The molecule has 1 N–H and O–H groups in total. The first kappa shape index (κ1) is 16.2. The van der Waals surface area contributed by atoms with Gasteiger partial charge < -0.3 is 10.2 Å². The van der Waals surface area contributed by atoms with Crippen LogP contribution in [0.4, 0.5) is 5.82 Å². The molecule has 0 radical (unpaired) electrons. The largest absolute Gasteiger partial charge is 0.354 e. The lowest BCUT2D eigenvalue weighted by Crippen LogP contribution is -2.52. The molecule has 2 heterocycles. The van der Waals surface area contributed by atoms with Crippen LogP contribution >= 0.6 is 0 Å². The number of rotatable bonds is 5. The van der Waals surface area contributed by atoms with Crippen molar-refractivity contribution in [1.29, 1.82) is 0 Å². The fourth-order valence-electron chi connectivity index (χ4n) is 2.93. The Morgan fingerprint density at radius 3 is 2.67 bits per heavy atom. The van der Waals surface area contributed by atoms with E-state index in [-0.39, 0.29) is 0 Å². The summed E-state index contributed by atoms with van der Waals surface area (Å²) in [5, 5.41) is 3.46. The lowest BCUT2D eigenvalue weighted by Gasteiger charge is -2.40. The van der Waals surface area contributed by atoms with E-state index < -0.39 is 0 Å². The van der Waals surface area contributed by atoms with E-state index in [0.717, 1.165) is 44.2 Å². The predicted molar refractivity (Wildman–Crippen MR) is 89.9 cm³/mol. The van der Waals surface area contributed by atoms with Crippen molar-refractivity contribution < 1.29 is 0 Å². The molecule has 1 aliphatic heterocycles. The van der Waals surface area contributed by atoms with Crippen molar-refractivity contribution in [3.63, 3.8) is 0 Å². The molecule has 4 heteroatoms. The van der Waals surface area contributed by atoms with Crippen LogP contribution in [0, 0.1) is 6.92 Å². The second-order valence-corrected chi connectivity index (χ2v) is 6.37. The fourth-order valence-corrected chi connectivity index (χ4v) is 2.93. The molecule has 1 aliphatic rings. The minimum absolute atomic E-state index is 0.507. The maximum atomic E-state index is 4.83. The van der Waals surface area contributed by atoms with Crippen molar-refractivity contribution in [1.82, 2.24) is 15.2 Å². The highest BCUT2D eigenvalue weighted by Crippen LogP contribution is 2.19. The van der Waals surface area contributed by atoms with Gasteiger partial charge in [-0.05, 0) is 32.0 Å². The molecule has 0 spiro atoms. The van der Waals surface area contributed by atoms with Crippen molar-refractivity contribution in [3.8, 4) is 0 Å². The van der Waals surface area contributed by atoms with E-state index in [0.29, 0.717) is 12.1 Å². The van der Waals surface area contributed by atoms with Crippen LogP contribution < -0.4 is 10.2 Å². The zero-order valence-corrected chi connectivity index (χ0v) is 14.2. The second kappa shape index (κ2) is 7.23.